The van der Waals surface area contributed by atoms with E-state index in [0.717, 1.165) is 168 Å². The molecule has 616 valence electrons. The number of hydrogen-bond donors (Lipinski definition) is 0. The summed E-state index contributed by atoms with van der Waals surface area (Å²) < 4.78 is 115. The van der Waals surface area contributed by atoms with Crippen LogP contribution < -0.4 is 37.9 Å². The minimum atomic E-state index is -2.33. The number of piperidine rings is 4. The maximum atomic E-state index is 13.2. The van der Waals surface area contributed by atoms with E-state index in [1.54, 1.807) is 56.9 Å². The highest BCUT2D eigenvalue weighted by Crippen LogP contribution is 2.51. The molecule has 13 rings (SSSR count). The van der Waals surface area contributed by atoms with Gasteiger partial charge in [-0.25, -0.2) is 8.78 Å². The predicted molar refractivity (Wildman–Crippen MR) is 437 cm³/mol. The molecule has 0 radical (unpaired) electrons. The van der Waals surface area contributed by atoms with Crippen LogP contribution in [0.2, 0.25) is 0 Å². The van der Waals surface area contributed by atoms with E-state index in [4.69, 9.17) is 61.0 Å². The Morgan fingerprint density at radius 2 is 0.676 bits per heavy atom. The van der Waals surface area contributed by atoms with E-state index in [-0.39, 0.29) is 36.8 Å². The van der Waals surface area contributed by atoms with E-state index < -0.39 is 13.7 Å². The number of nitrogens with zero attached hydrogens (tertiary/aromatic N) is 4. The first-order valence-corrected chi connectivity index (χ1v) is 41.3. The fraction of sp³-hybridized carbons (Fsp3) is 0.663. The molecule has 0 saturated carbocycles. The van der Waals surface area contributed by atoms with Gasteiger partial charge >= 0.3 is 0 Å². The second kappa shape index (κ2) is 41.8. The zero-order valence-corrected chi connectivity index (χ0v) is 70.1. The van der Waals surface area contributed by atoms with Crippen LogP contribution in [-0.2, 0) is 44.6 Å². The highest BCUT2D eigenvalue weighted by Gasteiger charge is 2.44. The van der Waals surface area contributed by atoms with E-state index >= 15 is 0 Å². The number of fused-ring (bicyclic) bond motifs is 12. The predicted octanol–water partition coefficient (Wildman–Crippen LogP) is 17.5. The quantitative estimate of drug-likeness (QED) is 0.0331. The Bertz CT molecular complexity index is 3850. The SMILES string of the molecule is COC[C@@H]1C[C@@H]2c3cc(OC)c(OC)cc3CCN2C[C@H]1CC(C)C.COc1cc2c(cc1OC)[C@H]1C[C@@H](COCC(=O)c3ccc(F)cc3)[C@H](CC(C)C)CN1CC2.COc1cc2c(cc1OC)[C@H]1C[C@@H](COCCF)[C@H](CC(C)C)CN1CC2.[2H]C([2H])([2H])OC[C@@H]1C[C@@H]2c3cc(OC)c(OC)cc3CCN2C[C@H]1CC(C)C. The van der Waals surface area contributed by atoms with Crippen molar-refractivity contribution in [3.8, 4) is 46.0 Å². The maximum Gasteiger partial charge on any atom is 0.188 e. The van der Waals surface area contributed by atoms with E-state index in [1.807, 2.05) is 7.11 Å². The molecule has 8 heterocycles. The van der Waals surface area contributed by atoms with Gasteiger partial charge in [-0.05, 0) is 265 Å². The number of hydrogen-bond acceptors (Lipinski definition) is 17. The fourth-order valence-corrected chi connectivity index (χ4v) is 20.0. The summed E-state index contributed by atoms with van der Waals surface area (Å²) in [6.07, 6.45) is 13.0. The lowest BCUT2D eigenvalue weighted by Crippen LogP contribution is -2.47. The molecular formula is C92H136F2N4O13. The number of halogens is 2. The lowest BCUT2D eigenvalue weighted by Gasteiger charge is -2.47. The number of benzene rings is 5. The zero-order chi connectivity index (χ0) is 82.1. The zero-order valence-electron chi connectivity index (χ0n) is 73.1. The summed E-state index contributed by atoms with van der Waals surface area (Å²) in [5.41, 5.74) is 11.3. The van der Waals surface area contributed by atoms with Crippen molar-refractivity contribution in [2.24, 2.45) is 71.0 Å². The number of carbonyl (C=O) groups excluding carboxylic acids is 1. The molecule has 19 heteroatoms. The van der Waals surface area contributed by atoms with Crippen molar-refractivity contribution in [3.63, 3.8) is 0 Å². The molecule has 4 fully saturated rings. The maximum absolute atomic E-state index is 13.2. The monoisotopic (exact) mass is 1550 g/mol. The number of alkyl halides is 1. The number of methoxy groups -OCH3 is 10. The van der Waals surface area contributed by atoms with Gasteiger partial charge in [0.1, 0.15) is 19.1 Å². The Hall–Kier alpha value is -6.29. The standard InChI is InChI=1S/C28H36FNO4.C22H34FNO3.2C21H33NO3/c1-18(2)11-21-15-30-10-9-20-13-27(32-3)28(33-4)14-24(20)25(30)12-22(21)16-34-17-26(31)19-5-7-23(29)8-6-19;1-15(2)9-17-13-24-7-5-16-11-21(25-3)22(26-4)12-19(16)20(24)10-18(17)14-27-8-6-23;2*1-14(2)8-16-12-22-7-6-15-10-20(24-4)21(25-5)11-18(15)19(22)9-17(16)13-23-3/h5-8,13-14,18,21-22,25H,9-12,15-17H2,1-4H3;11-12,15,17-18,20H,5-10,13-14H2,1-4H3;2*10-11,14,16-17,19H,6-9,12-13H2,1-5H3/t21-,22+,25-;17-,18+,20-;2*16-,17+,19-/m1111/s1/i;;3D3;. The average Bonchev–Trinajstić information content (AvgIpc) is 0.780. The molecule has 0 spiro atoms. The third kappa shape index (κ3) is 22.0. The van der Waals surface area contributed by atoms with Crippen LogP contribution in [0.15, 0.2) is 72.8 Å². The van der Waals surface area contributed by atoms with Gasteiger partial charge < -0.3 is 56.8 Å². The summed E-state index contributed by atoms with van der Waals surface area (Å²) in [6.45, 7) is 29.0. The molecule has 0 unspecified atom stereocenters. The molecule has 4 saturated heterocycles. The summed E-state index contributed by atoms with van der Waals surface area (Å²) in [4.78, 5) is 23.0. The molecule has 8 aliphatic rings. The molecule has 0 amide bonds. The number of rotatable bonds is 29. The van der Waals surface area contributed by atoms with Gasteiger partial charge in [-0.1, -0.05) is 55.4 Å². The summed E-state index contributed by atoms with van der Waals surface area (Å²) in [5.74, 6) is 12.5. The van der Waals surface area contributed by atoms with Crippen molar-refractivity contribution in [2.45, 2.75) is 157 Å². The van der Waals surface area contributed by atoms with E-state index in [9.17, 15) is 13.6 Å². The van der Waals surface area contributed by atoms with Crippen LogP contribution in [0.25, 0.3) is 0 Å². The minimum Gasteiger partial charge on any atom is -0.493 e. The third-order valence-electron chi connectivity index (χ3n) is 25.2. The summed E-state index contributed by atoms with van der Waals surface area (Å²) in [7, 11) is 13.0. The van der Waals surface area contributed by atoms with Crippen LogP contribution >= 0.6 is 0 Å². The lowest BCUT2D eigenvalue weighted by molar-refractivity contribution is -0.00755. The molecule has 0 N–H and O–H groups in total. The van der Waals surface area contributed by atoms with Crippen molar-refractivity contribution >= 4 is 5.78 Å². The Kier molecular flexibility index (Phi) is 31.2. The van der Waals surface area contributed by atoms with Gasteiger partial charge in [0.25, 0.3) is 0 Å². The topological polar surface area (TPSA) is 141 Å². The molecule has 0 bridgehead atoms. The van der Waals surface area contributed by atoms with E-state index in [0.29, 0.717) is 96.8 Å². The fourth-order valence-electron chi connectivity index (χ4n) is 20.0. The smallest absolute Gasteiger partial charge is 0.188 e. The second-order valence-corrected chi connectivity index (χ2v) is 34.2. The summed E-state index contributed by atoms with van der Waals surface area (Å²) in [5, 5.41) is 0. The summed E-state index contributed by atoms with van der Waals surface area (Å²) in [6, 6.07) is 24.3. The molecular weight excluding hydrogens is 1410 g/mol. The largest absolute Gasteiger partial charge is 0.493 e. The van der Waals surface area contributed by atoms with Crippen molar-refractivity contribution in [1.29, 1.82) is 0 Å². The minimum absolute atomic E-state index is 0.0204. The Balaban J connectivity index is 0.000000162. The Labute approximate surface area is 668 Å². The first-order valence-electron chi connectivity index (χ1n) is 42.8. The molecule has 8 aliphatic heterocycles. The number of Topliss-reactive ketones (excluding diaryl/α,β-unsaturated/α-hetero) is 1. The van der Waals surface area contributed by atoms with Gasteiger partial charge in [-0.15, -0.1) is 0 Å². The Morgan fingerprint density at radius 3 is 0.946 bits per heavy atom. The van der Waals surface area contributed by atoms with Crippen LogP contribution in [-0.4, -0.2) is 195 Å². The highest BCUT2D eigenvalue weighted by molar-refractivity contribution is 5.97. The Morgan fingerprint density at radius 1 is 0.396 bits per heavy atom. The normalized spacial score (nSPS) is 25.3. The van der Waals surface area contributed by atoms with Crippen molar-refractivity contribution < 1.29 is 74.5 Å². The van der Waals surface area contributed by atoms with Crippen LogP contribution in [0.1, 0.15) is 190 Å². The van der Waals surface area contributed by atoms with Crippen LogP contribution in [0.5, 0.6) is 46.0 Å². The molecule has 5 aromatic rings. The van der Waals surface area contributed by atoms with Crippen molar-refractivity contribution in [1.82, 2.24) is 19.6 Å². The number of ketones is 1. The third-order valence-corrected chi connectivity index (χ3v) is 25.2. The van der Waals surface area contributed by atoms with E-state index in [2.05, 4.69) is 124 Å². The molecule has 12 atom stereocenters. The molecule has 0 aromatic heterocycles. The molecule has 0 aliphatic carbocycles. The first kappa shape index (κ1) is 82.7. The van der Waals surface area contributed by atoms with Gasteiger partial charge in [-0.3, -0.25) is 24.4 Å². The molecule has 5 aromatic carbocycles. The van der Waals surface area contributed by atoms with Gasteiger partial charge in [0.15, 0.2) is 51.8 Å². The average molecular weight is 1550 g/mol. The number of ether oxygens (including phenoxy) is 12. The summed E-state index contributed by atoms with van der Waals surface area (Å²) >= 11 is 0. The highest BCUT2D eigenvalue weighted by atomic mass is 19.1. The molecule has 111 heavy (non-hydrogen) atoms. The molecule has 17 nitrogen and oxygen atoms in total. The van der Waals surface area contributed by atoms with Crippen molar-refractivity contribution in [2.75, 3.05) is 170 Å². The second-order valence-electron chi connectivity index (χ2n) is 34.2. The van der Waals surface area contributed by atoms with Gasteiger partial charge in [0.2, 0.25) is 0 Å². The van der Waals surface area contributed by atoms with Crippen LogP contribution in [0.3, 0.4) is 0 Å². The van der Waals surface area contributed by atoms with Crippen molar-refractivity contribution in [3.05, 3.63) is 129 Å². The first-order chi connectivity index (χ1) is 54.7. The number of carbonyl (C=O) groups is 1. The van der Waals surface area contributed by atoms with E-state index in [1.165, 1.54) is 94.6 Å². The van der Waals surface area contributed by atoms with Gasteiger partial charge in [-0.2, -0.15) is 0 Å². The van der Waals surface area contributed by atoms with Crippen LogP contribution in [0, 0.1) is 76.8 Å². The van der Waals surface area contributed by atoms with Gasteiger partial charge in [0.05, 0.1) is 74.2 Å². The van der Waals surface area contributed by atoms with Gasteiger partial charge in [0, 0.05) is 116 Å². The van der Waals surface area contributed by atoms with Crippen LogP contribution in [0.4, 0.5) is 8.78 Å². The lowest BCUT2D eigenvalue weighted by atomic mass is 9.74.